The van der Waals surface area contributed by atoms with E-state index in [2.05, 4.69) is 0 Å². The average Bonchev–Trinajstić information content (AvgIpc) is 2.69. The standard InChI is InChI=1S/C15H18N2O4/c1-9-4-10(6-13(5-9)17(20)21)15(19)16-11-2-3-12(16)8-14(18)7-11/h4-6,11-12,14,18H,2-3,7-8H2,1H3. The molecule has 1 aromatic rings. The smallest absolute Gasteiger partial charge is 0.270 e. The summed E-state index contributed by atoms with van der Waals surface area (Å²) >= 11 is 0. The summed E-state index contributed by atoms with van der Waals surface area (Å²) in [6, 6.07) is 4.63. The highest BCUT2D eigenvalue weighted by Gasteiger charge is 2.43. The normalized spacial score (nSPS) is 27.7. The van der Waals surface area contributed by atoms with Crippen LogP contribution in [-0.2, 0) is 0 Å². The van der Waals surface area contributed by atoms with E-state index in [0.29, 0.717) is 24.0 Å². The van der Waals surface area contributed by atoms with Crippen LogP contribution in [0.3, 0.4) is 0 Å². The second-order valence-electron chi connectivity index (χ2n) is 6.04. The summed E-state index contributed by atoms with van der Waals surface area (Å²) in [5.74, 6) is -0.152. The first-order valence-electron chi connectivity index (χ1n) is 7.22. The molecule has 0 saturated carbocycles. The SMILES string of the molecule is Cc1cc(C(=O)N2C3CCC2CC(O)C3)cc([N+](=O)[O-])c1. The van der Waals surface area contributed by atoms with Gasteiger partial charge in [-0.15, -0.1) is 0 Å². The Hall–Kier alpha value is -1.95. The number of nitro benzene ring substituents is 1. The molecule has 2 aliphatic rings. The number of aliphatic hydroxyl groups is 1. The van der Waals surface area contributed by atoms with E-state index in [4.69, 9.17) is 0 Å². The second-order valence-corrected chi connectivity index (χ2v) is 6.04. The Bertz CT molecular complexity index is 587. The fourth-order valence-corrected chi connectivity index (χ4v) is 3.62. The lowest BCUT2D eigenvalue weighted by atomic mass is 9.98. The molecule has 3 rings (SSSR count). The molecule has 0 spiro atoms. The van der Waals surface area contributed by atoms with Crippen LogP contribution in [-0.4, -0.2) is 39.0 Å². The van der Waals surface area contributed by atoms with Crippen molar-refractivity contribution >= 4 is 11.6 Å². The first-order valence-corrected chi connectivity index (χ1v) is 7.22. The van der Waals surface area contributed by atoms with Gasteiger partial charge in [0.05, 0.1) is 11.0 Å². The average molecular weight is 290 g/mol. The third kappa shape index (κ3) is 2.51. The van der Waals surface area contributed by atoms with Crippen molar-refractivity contribution in [3.8, 4) is 0 Å². The van der Waals surface area contributed by atoms with E-state index in [1.54, 1.807) is 13.0 Å². The number of non-ortho nitro benzene ring substituents is 1. The zero-order valence-corrected chi connectivity index (χ0v) is 11.9. The number of aryl methyl sites for hydroxylation is 1. The molecule has 6 heteroatoms. The number of nitrogens with zero attached hydrogens (tertiary/aromatic N) is 2. The van der Waals surface area contributed by atoms with Gasteiger partial charge in [0.15, 0.2) is 0 Å². The van der Waals surface area contributed by atoms with E-state index in [-0.39, 0.29) is 29.8 Å². The number of carbonyl (C=O) groups is 1. The summed E-state index contributed by atoms with van der Waals surface area (Å²) in [5.41, 5.74) is 1.02. The second kappa shape index (κ2) is 5.11. The molecular formula is C15H18N2O4. The van der Waals surface area contributed by atoms with Gasteiger partial charge in [-0.05, 0) is 44.2 Å². The highest BCUT2D eigenvalue weighted by atomic mass is 16.6. The van der Waals surface area contributed by atoms with Crippen LogP contribution in [0.1, 0.15) is 41.6 Å². The summed E-state index contributed by atoms with van der Waals surface area (Å²) in [7, 11) is 0. The summed E-state index contributed by atoms with van der Waals surface area (Å²) in [6.07, 6.45) is 2.69. The molecule has 2 bridgehead atoms. The van der Waals surface area contributed by atoms with E-state index < -0.39 is 4.92 Å². The van der Waals surface area contributed by atoms with Crippen LogP contribution >= 0.6 is 0 Å². The van der Waals surface area contributed by atoms with Crippen molar-refractivity contribution in [3.05, 3.63) is 39.4 Å². The lowest BCUT2D eigenvalue weighted by Crippen LogP contribution is -2.48. The number of rotatable bonds is 2. The Kier molecular flexibility index (Phi) is 3.41. The van der Waals surface area contributed by atoms with Gasteiger partial charge in [-0.25, -0.2) is 0 Å². The maximum Gasteiger partial charge on any atom is 0.270 e. The number of amides is 1. The summed E-state index contributed by atoms with van der Waals surface area (Å²) < 4.78 is 0. The number of hydrogen-bond acceptors (Lipinski definition) is 4. The Morgan fingerprint density at radius 3 is 2.48 bits per heavy atom. The van der Waals surface area contributed by atoms with Crippen molar-refractivity contribution in [1.29, 1.82) is 0 Å². The fraction of sp³-hybridized carbons (Fsp3) is 0.533. The highest BCUT2D eigenvalue weighted by Crippen LogP contribution is 2.37. The molecule has 112 valence electrons. The Morgan fingerprint density at radius 1 is 1.29 bits per heavy atom. The van der Waals surface area contributed by atoms with Crippen molar-refractivity contribution < 1.29 is 14.8 Å². The lowest BCUT2D eigenvalue weighted by Gasteiger charge is -2.37. The third-order valence-electron chi connectivity index (χ3n) is 4.46. The lowest BCUT2D eigenvalue weighted by molar-refractivity contribution is -0.384. The van der Waals surface area contributed by atoms with Crippen LogP contribution < -0.4 is 0 Å². The molecule has 2 aliphatic heterocycles. The van der Waals surface area contributed by atoms with E-state index in [9.17, 15) is 20.0 Å². The largest absolute Gasteiger partial charge is 0.393 e. The van der Waals surface area contributed by atoms with E-state index in [1.165, 1.54) is 12.1 Å². The minimum atomic E-state index is -0.474. The van der Waals surface area contributed by atoms with Gasteiger partial charge < -0.3 is 10.0 Å². The molecule has 0 radical (unpaired) electrons. The van der Waals surface area contributed by atoms with Gasteiger partial charge in [0.25, 0.3) is 11.6 Å². The van der Waals surface area contributed by atoms with Gasteiger partial charge in [0, 0.05) is 29.8 Å². The maximum atomic E-state index is 12.7. The Labute approximate surface area is 122 Å². The molecular weight excluding hydrogens is 272 g/mol. The predicted molar refractivity (Wildman–Crippen MR) is 76.1 cm³/mol. The van der Waals surface area contributed by atoms with Crippen LogP contribution in [0.25, 0.3) is 0 Å². The number of benzene rings is 1. The molecule has 2 saturated heterocycles. The molecule has 2 fully saturated rings. The molecule has 0 aromatic heterocycles. The van der Waals surface area contributed by atoms with Gasteiger partial charge in [-0.1, -0.05) is 0 Å². The molecule has 1 aromatic carbocycles. The summed E-state index contributed by atoms with van der Waals surface area (Å²) in [4.78, 5) is 25.0. The molecule has 1 amide bonds. The van der Waals surface area contributed by atoms with Crippen molar-refractivity contribution in [1.82, 2.24) is 4.90 Å². The van der Waals surface area contributed by atoms with E-state index in [0.717, 1.165) is 12.8 Å². The highest BCUT2D eigenvalue weighted by molar-refractivity contribution is 5.95. The van der Waals surface area contributed by atoms with Crippen LogP contribution in [0.15, 0.2) is 18.2 Å². The summed E-state index contributed by atoms with van der Waals surface area (Å²) in [6.45, 7) is 1.75. The quantitative estimate of drug-likeness (QED) is 0.667. The van der Waals surface area contributed by atoms with Gasteiger partial charge in [0.1, 0.15) is 0 Å². The number of aliphatic hydroxyl groups excluding tert-OH is 1. The first kappa shape index (κ1) is 14.0. The minimum Gasteiger partial charge on any atom is -0.393 e. The van der Waals surface area contributed by atoms with Crippen molar-refractivity contribution in [2.24, 2.45) is 0 Å². The zero-order valence-electron chi connectivity index (χ0n) is 11.9. The van der Waals surface area contributed by atoms with Gasteiger partial charge in [-0.2, -0.15) is 0 Å². The van der Waals surface area contributed by atoms with Crippen molar-refractivity contribution in [3.63, 3.8) is 0 Å². The maximum absolute atomic E-state index is 12.7. The van der Waals surface area contributed by atoms with Crippen molar-refractivity contribution in [2.75, 3.05) is 0 Å². The Morgan fingerprint density at radius 2 is 1.90 bits per heavy atom. The van der Waals surface area contributed by atoms with Crippen LogP contribution in [0, 0.1) is 17.0 Å². The topological polar surface area (TPSA) is 83.7 Å². The van der Waals surface area contributed by atoms with E-state index >= 15 is 0 Å². The zero-order chi connectivity index (χ0) is 15.1. The van der Waals surface area contributed by atoms with Crippen LogP contribution in [0.4, 0.5) is 5.69 Å². The molecule has 2 unspecified atom stereocenters. The molecule has 0 aliphatic carbocycles. The molecule has 21 heavy (non-hydrogen) atoms. The van der Waals surface area contributed by atoms with Crippen molar-refractivity contribution in [2.45, 2.75) is 50.8 Å². The predicted octanol–water partition coefficient (Wildman–Crippen LogP) is 2.03. The molecule has 2 atom stereocenters. The Balaban J connectivity index is 1.91. The van der Waals surface area contributed by atoms with E-state index in [1.807, 2.05) is 4.90 Å². The summed E-state index contributed by atoms with van der Waals surface area (Å²) in [5, 5.41) is 20.7. The number of hydrogen-bond donors (Lipinski definition) is 1. The molecule has 2 heterocycles. The van der Waals surface area contributed by atoms with Gasteiger partial charge >= 0.3 is 0 Å². The van der Waals surface area contributed by atoms with Crippen LogP contribution in [0.2, 0.25) is 0 Å². The monoisotopic (exact) mass is 290 g/mol. The number of nitro groups is 1. The molecule has 1 N–H and O–H groups in total. The fourth-order valence-electron chi connectivity index (χ4n) is 3.62. The minimum absolute atomic E-state index is 0.0530. The molecule has 6 nitrogen and oxygen atoms in total. The van der Waals surface area contributed by atoms with Crippen LogP contribution in [0.5, 0.6) is 0 Å². The third-order valence-corrected chi connectivity index (χ3v) is 4.46. The van der Waals surface area contributed by atoms with Gasteiger partial charge in [0.2, 0.25) is 0 Å². The first-order chi connectivity index (χ1) is 9.95. The number of fused-ring (bicyclic) bond motifs is 2. The number of piperidine rings is 1. The number of carbonyl (C=O) groups excluding carboxylic acids is 1. The van der Waals surface area contributed by atoms with Gasteiger partial charge in [-0.3, -0.25) is 14.9 Å².